The van der Waals surface area contributed by atoms with Gasteiger partial charge in [0.25, 0.3) is 0 Å². The van der Waals surface area contributed by atoms with Crippen molar-refractivity contribution in [2.75, 3.05) is 13.1 Å². The van der Waals surface area contributed by atoms with Crippen LogP contribution in [-0.2, 0) is 11.3 Å². The molecule has 1 saturated heterocycles. The van der Waals surface area contributed by atoms with E-state index in [1.54, 1.807) is 0 Å². The molecule has 1 aliphatic heterocycles. The van der Waals surface area contributed by atoms with E-state index in [1.165, 1.54) is 5.56 Å². The molecule has 1 N–H and O–H groups in total. The summed E-state index contributed by atoms with van der Waals surface area (Å²) in [5.74, 6) is 0.248. The van der Waals surface area contributed by atoms with E-state index in [9.17, 15) is 4.79 Å². The third-order valence-corrected chi connectivity index (χ3v) is 4.39. The molecule has 4 nitrogen and oxygen atoms in total. The molecule has 4 heteroatoms. The topological polar surface area (TPSA) is 45.2 Å². The maximum Gasteiger partial charge on any atom is 0.222 e. The maximum atomic E-state index is 12.4. The van der Waals surface area contributed by atoms with Gasteiger partial charge in [0.15, 0.2) is 0 Å². The minimum absolute atomic E-state index is 0.248. The van der Waals surface area contributed by atoms with Gasteiger partial charge in [0.1, 0.15) is 0 Å². The molecule has 1 aromatic carbocycles. The molecular formula is C18H23N3O. The second kappa shape index (κ2) is 6.88. The van der Waals surface area contributed by atoms with Crippen molar-refractivity contribution in [2.45, 2.75) is 38.8 Å². The van der Waals surface area contributed by atoms with E-state index in [0.717, 1.165) is 36.8 Å². The number of carbonyl (C=O) groups excluding carboxylic acids is 1. The van der Waals surface area contributed by atoms with Gasteiger partial charge in [0, 0.05) is 30.6 Å². The highest BCUT2D eigenvalue weighted by Gasteiger charge is 2.24. The average molecular weight is 297 g/mol. The van der Waals surface area contributed by atoms with Crippen molar-refractivity contribution in [2.24, 2.45) is 0 Å². The van der Waals surface area contributed by atoms with Crippen LogP contribution in [0.2, 0.25) is 0 Å². The lowest BCUT2D eigenvalue weighted by molar-refractivity contribution is -0.134. The number of benzene rings is 1. The molecule has 1 aliphatic rings. The number of nitrogens with zero attached hydrogens (tertiary/aromatic N) is 2. The van der Waals surface area contributed by atoms with E-state index in [-0.39, 0.29) is 5.91 Å². The van der Waals surface area contributed by atoms with Crippen LogP contribution in [0.25, 0.3) is 10.9 Å². The third-order valence-electron chi connectivity index (χ3n) is 4.39. The fourth-order valence-electron chi connectivity index (χ4n) is 3.16. The van der Waals surface area contributed by atoms with Gasteiger partial charge < -0.3 is 10.2 Å². The van der Waals surface area contributed by atoms with E-state index < -0.39 is 0 Å². The normalized spacial score (nSPS) is 15.9. The van der Waals surface area contributed by atoms with Gasteiger partial charge in [0.2, 0.25) is 5.91 Å². The summed E-state index contributed by atoms with van der Waals surface area (Å²) in [6.07, 6.45) is 4.46. The Morgan fingerprint density at radius 3 is 2.91 bits per heavy atom. The minimum atomic E-state index is 0.248. The Morgan fingerprint density at radius 1 is 1.32 bits per heavy atom. The molecule has 0 saturated carbocycles. The number of hydrogen-bond acceptors (Lipinski definition) is 3. The molecule has 1 fully saturated rings. The summed E-state index contributed by atoms with van der Waals surface area (Å²) in [6.45, 7) is 4.64. The van der Waals surface area contributed by atoms with Gasteiger partial charge in [-0.25, -0.2) is 0 Å². The van der Waals surface area contributed by atoms with E-state index >= 15 is 0 Å². The van der Waals surface area contributed by atoms with Crippen molar-refractivity contribution in [3.63, 3.8) is 0 Å². The molecule has 22 heavy (non-hydrogen) atoms. The minimum Gasteiger partial charge on any atom is -0.335 e. The molecule has 0 atom stereocenters. The Morgan fingerprint density at radius 2 is 2.14 bits per heavy atom. The monoisotopic (exact) mass is 297 g/mol. The van der Waals surface area contributed by atoms with Crippen molar-refractivity contribution in [1.82, 2.24) is 15.2 Å². The summed E-state index contributed by atoms with van der Waals surface area (Å²) in [7, 11) is 0. The van der Waals surface area contributed by atoms with Crippen molar-refractivity contribution >= 4 is 16.8 Å². The highest BCUT2D eigenvalue weighted by atomic mass is 16.2. The van der Waals surface area contributed by atoms with Crippen LogP contribution in [0.4, 0.5) is 0 Å². The Kier molecular flexibility index (Phi) is 4.68. The number of amides is 1. The predicted molar refractivity (Wildman–Crippen MR) is 88.5 cm³/mol. The zero-order valence-electron chi connectivity index (χ0n) is 13.1. The first kappa shape index (κ1) is 15.0. The zero-order chi connectivity index (χ0) is 15.4. The van der Waals surface area contributed by atoms with Crippen molar-refractivity contribution in [3.8, 4) is 0 Å². The number of rotatable bonds is 4. The first-order chi connectivity index (χ1) is 10.8. The second-order valence-corrected chi connectivity index (χ2v) is 5.89. The van der Waals surface area contributed by atoms with Crippen LogP contribution in [0.3, 0.4) is 0 Å². The largest absolute Gasteiger partial charge is 0.335 e. The Hall–Kier alpha value is -1.94. The predicted octanol–water partition coefficient (Wildman–Crippen LogP) is 2.73. The summed E-state index contributed by atoms with van der Waals surface area (Å²) < 4.78 is 0. The van der Waals surface area contributed by atoms with Gasteiger partial charge >= 0.3 is 0 Å². The second-order valence-electron chi connectivity index (χ2n) is 5.89. The molecule has 0 spiro atoms. The van der Waals surface area contributed by atoms with Gasteiger partial charge in [0.05, 0.1) is 5.52 Å². The molecule has 0 bridgehead atoms. The van der Waals surface area contributed by atoms with Crippen LogP contribution in [0.1, 0.15) is 31.7 Å². The van der Waals surface area contributed by atoms with Gasteiger partial charge in [-0.3, -0.25) is 9.78 Å². The summed E-state index contributed by atoms with van der Waals surface area (Å²) in [5.41, 5.74) is 2.18. The molecule has 0 aliphatic carbocycles. The first-order valence-electron chi connectivity index (χ1n) is 8.12. The maximum absolute atomic E-state index is 12.4. The van der Waals surface area contributed by atoms with Crippen molar-refractivity contribution in [3.05, 3.63) is 42.1 Å². The molecule has 0 unspecified atom stereocenters. The number of hydrogen-bond donors (Lipinski definition) is 1. The number of aromatic nitrogens is 1. The molecule has 2 heterocycles. The third kappa shape index (κ3) is 3.28. The van der Waals surface area contributed by atoms with Crippen LogP contribution in [0, 0.1) is 0 Å². The summed E-state index contributed by atoms with van der Waals surface area (Å²) in [6, 6.07) is 10.7. The quantitative estimate of drug-likeness (QED) is 0.944. The molecule has 1 aromatic heterocycles. The highest BCUT2D eigenvalue weighted by molar-refractivity contribution is 5.79. The van der Waals surface area contributed by atoms with E-state index in [1.807, 2.05) is 25.3 Å². The molecular weight excluding hydrogens is 274 g/mol. The Bertz CT molecular complexity index is 650. The molecule has 3 rings (SSSR count). The lowest BCUT2D eigenvalue weighted by Crippen LogP contribution is -2.45. The van der Waals surface area contributed by atoms with Gasteiger partial charge in [-0.15, -0.1) is 0 Å². The lowest BCUT2D eigenvalue weighted by Gasteiger charge is -2.34. The molecule has 2 aromatic rings. The molecule has 0 radical (unpaired) electrons. The highest BCUT2D eigenvalue weighted by Crippen LogP contribution is 2.19. The Balaban J connectivity index is 1.82. The van der Waals surface area contributed by atoms with Crippen LogP contribution in [0.5, 0.6) is 0 Å². The van der Waals surface area contributed by atoms with Gasteiger partial charge in [-0.2, -0.15) is 0 Å². The van der Waals surface area contributed by atoms with Crippen LogP contribution < -0.4 is 5.32 Å². The lowest BCUT2D eigenvalue weighted by atomic mass is 10.0. The number of fused-ring (bicyclic) bond motifs is 1. The number of piperidine rings is 1. The summed E-state index contributed by atoms with van der Waals surface area (Å²) in [4.78, 5) is 18.8. The van der Waals surface area contributed by atoms with E-state index in [2.05, 4.69) is 33.4 Å². The van der Waals surface area contributed by atoms with Crippen LogP contribution in [-0.4, -0.2) is 34.9 Å². The van der Waals surface area contributed by atoms with E-state index in [0.29, 0.717) is 19.0 Å². The smallest absolute Gasteiger partial charge is 0.222 e. The number of nitrogens with one attached hydrogen (secondary N) is 1. The van der Waals surface area contributed by atoms with Crippen molar-refractivity contribution < 1.29 is 4.79 Å². The van der Waals surface area contributed by atoms with Gasteiger partial charge in [-0.05, 0) is 49.7 Å². The summed E-state index contributed by atoms with van der Waals surface area (Å²) in [5, 5.41) is 4.50. The standard InChI is InChI=1S/C18H23N3O/c1-2-18(22)21(16-7-10-19-11-8-16)13-14-5-6-17-15(12-14)4-3-9-20-17/h3-6,9,12,16,19H,2,7-8,10-11,13H2,1H3. The summed E-state index contributed by atoms with van der Waals surface area (Å²) >= 11 is 0. The fraction of sp³-hybridized carbons (Fsp3) is 0.444. The van der Waals surface area contributed by atoms with E-state index in [4.69, 9.17) is 0 Å². The first-order valence-corrected chi connectivity index (χ1v) is 8.12. The van der Waals surface area contributed by atoms with Gasteiger partial charge in [-0.1, -0.05) is 19.1 Å². The molecule has 1 amide bonds. The fourth-order valence-corrected chi connectivity index (χ4v) is 3.16. The average Bonchev–Trinajstić information content (AvgIpc) is 2.59. The number of carbonyl (C=O) groups is 1. The number of pyridine rings is 1. The van der Waals surface area contributed by atoms with Crippen LogP contribution in [0.15, 0.2) is 36.5 Å². The Labute approximate surface area is 131 Å². The van der Waals surface area contributed by atoms with Crippen molar-refractivity contribution in [1.29, 1.82) is 0 Å². The zero-order valence-corrected chi connectivity index (χ0v) is 13.1. The van der Waals surface area contributed by atoms with Crippen LogP contribution >= 0.6 is 0 Å². The SMILES string of the molecule is CCC(=O)N(Cc1ccc2ncccc2c1)C1CCNCC1. The molecule has 116 valence electrons.